The fraction of sp³-hybridized carbons (Fsp3) is 0. The van der Waals surface area contributed by atoms with Crippen molar-refractivity contribution in [2.24, 2.45) is 0 Å². The van der Waals surface area contributed by atoms with Gasteiger partial charge in [-0.05, 0) is 23.8 Å². The molecule has 0 unspecified atom stereocenters. The van der Waals surface area contributed by atoms with Gasteiger partial charge in [0.15, 0.2) is 0 Å². The number of benzene rings is 2. The Balaban J connectivity index is 2.29. The summed E-state index contributed by atoms with van der Waals surface area (Å²) in [5.74, 6) is 0. The highest BCUT2D eigenvalue weighted by Crippen LogP contribution is 2.33. The summed E-state index contributed by atoms with van der Waals surface area (Å²) in [5, 5.41) is 1.49. The Morgan fingerprint density at radius 2 is 1.95 bits per heavy atom. The zero-order valence-corrected chi connectivity index (χ0v) is 11.2. The summed E-state index contributed by atoms with van der Waals surface area (Å²) in [7, 11) is 0. The van der Waals surface area contributed by atoms with Crippen molar-refractivity contribution in [2.45, 2.75) is 0 Å². The molecule has 19 heavy (non-hydrogen) atoms. The minimum absolute atomic E-state index is 0.176. The molecule has 0 spiro atoms. The lowest BCUT2D eigenvalue weighted by molar-refractivity contribution is 1.17. The third-order valence-corrected chi connectivity index (χ3v) is 3.72. The van der Waals surface area contributed by atoms with Gasteiger partial charge in [-0.25, -0.2) is 4.98 Å². The fourth-order valence-corrected chi connectivity index (χ4v) is 2.37. The van der Waals surface area contributed by atoms with Crippen LogP contribution in [-0.4, -0.2) is 9.97 Å². The number of halogens is 2. The van der Waals surface area contributed by atoms with Gasteiger partial charge < -0.3 is 4.98 Å². The first-order valence-electron chi connectivity index (χ1n) is 5.58. The monoisotopic (exact) mass is 290 g/mol. The van der Waals surface area contributed by atoms with E-state index >= 15 is 0 Å². The molecule has 1 N–H and O–H groups in total. The number of hydrogen-bond acceptors (Lipinski definition) is 2. The largest absolute Gasteiger partial charge is 0.313 e. The first-order chi connectivity index (χ1) is 9.16. The van der Waals surface area contributed by atoms with Crippen LogP contribution in [0, 0.1) is 0 Å². The Morgan fingerprint density at radius 3 is 2.79 bits per heavy atom. The summed E-state index contributed by atoms with van der Waals surface area (Å²) < 4.78 is 0. The first kappa shape index (κ1) is 12.2. The SMILES string of the molecule is O=c1[nH]cnc2ccc(-c3cccc(Cl)c3Cl)cc12. The van der Waals surface area contributed by atoms with Crippen LogP contribution < -0.4 is 5.56 Å². The highest BCUT2D eigenvalue weighted by atomic mass is 35.5. The number of fused-ring (bicyclic) bond motifs is 1. The maximum Gasteiger partial charge on any atom is 0.258 e. The minimum atomic E-state index is -0.176. The smallest absolute Gasteiger partial charge is 0.258 e. The summed E-state index contributed by atoms with van der Waals surface area (Å²) in [4.78, 5) is 18.4. The van der Waals surface area contributed by atoms with Crippen LogP contribution in [0.2, 0.25) is 10.0 Å². The van der Waals surface area contributed by atoms with Gasteiger partial charge in [0.25, 0.3) is 5.56 Å². The van der Waals surface area contributed by atoms with Gasteiger partial charge in [-0.15, -0.1) is 0 Å². The van der Waals surface area contributed by atoms with E-state index in [-0.39, 0.29) is 5.56 Å². The van der Waals surface area contributed by atoms with Gasteiger partial charge in [0.1, 0.15) is 0 Å². The molecule has 2 aromatic carbocycles. The average Bonchev–Trinajstić information content (AvgIpc) is 2.42. The number of rotatable bonds is 1. The molecule has 0 fully saturated rings. The zero-order valence-electron chi connectivity index (χ0n) is 9.65. The Bertz CT molecular complexity index is 827. The first-order valence-corrected chi connectivity index (χ1v) is 6.34. The molecule has 0 aliphatic carbocycles. The molecule has 0 atom stereocenters. The second-order valence-electron chi connectivity index (χ2n) is 4.06. The third-order valence-electron chi connectivity index (χ3n) is 2.90. The number of aromatic amines is 1. The zero-order chi connectivity index (χ0) is 13.4. The van der Waals surface area contributed by atoms with Gasteiger partial charge in [-0.1, -0.05) is 41.4 Å². The van der Waals surface area contributed by atoms with Crippen LogP contribution in [0.4, 0.5) is 0 Å². The van der Waals surface area contributed by atoms with Crippen molar-refractivity contribution < 1.29 is 0 Å². The lowest BCUT2D eigenvalue weighted by Gasteiger charge is -2.06. The summed E-state index contributed by atoms with van der Waals surface area (Å²) in [6.07, 6.45) is 1.39. The second-order valence-corrected chi connectivity index (χ2v) is 4.85. The van der Waals surface area contributed by atoms with Crippen LogP contribution in [0.15, 0.2) is 47.5 Å². The van der Waals surface area contributed by atoms with Crippen molar-refractivity contribution in [2.75, 3.05) is 0 Å². The van der Waals surface area contributed by atoms with E-state index in [1.54, 1.807) is 18.2 Å². The predicted octanol–water partition coefficient (Wildman–Crippen LogP) is 3.90. The molecule has 5 heteroatoms. The lowest BCUT2D eigenvalue weighted by Crippen LogP contribution is -2.06. The molecule has 0 saturated carbocycles. The Labute approximate surface area is 118 Å². The molecule has 3 nitrogen and oxygen atoms in total. The van der Waals surface area contributed by atoms with Gasteiger partial charge in [-0.3, -0.25) is 4.79 Å². The molecule has 1 aromatic heterocycles. The van der Waals surface area contributed by atoms with Gasteiger partial charge in [0.2, 0.25) is 0 Å². The molecular weight excluding hydrogens is 283 g/mol. The van der Waals surface area contributed by atoms with Gasteiger partial charge in [-0.2, -0.15) is 0 Å². The van der Waals surface area contributed by atoms with Crippen LogP contribution >= 0.6 is 23.2 Å². The Hall–Kier alpha value is -1.84. The highest BCUT2D eigenvalue weighted by Gasteiger charge is 2.08. The quantitative estimate of drug-likeness (QED) is 0.739. The number of H-pyrrole nitrogens is 1. The number of hydrogen-bond donors (Lipinski definition) is 1. The summed E-state index contributed by atoms with van der Waals surface area (Å²) >= 11 is 12.2. The topological polar surface area (TPSA) is 45.8 Å². The Morgan fingerprint density at radius 1 is 1.11 bits per heavy atom. The fourth-order valence-electron chi connectivity index (χ4n) is 1.96. The van der Waals surface area contributed by atoms with Crippen molar-refractivity contribution in [3.63, 3.8) is 0 Å². The van der Waals surface area contributed by atoms with Crippen molar-refractivity contribution in [3.05, 3.63) is 63.1 Å². The predicted molar refractivity (Wildman–Crippen MR) is 77.8 cm³/mol. The van der Waals surface area contributed by atoms with Crippen LogP contribution in [0.3, 0.4) is 0 Å². The van der Waals surface area contributed by atoms with Crippen molar-refractivity contribution in [1.82, 2.24) is 9.97 Å². The van der Waals surface area contributed by atoms with E-state index in [4.69, 9.17) is 23.2 Å². The molecule has 0 radical (unpaired) electrons. The van der Waals surface area contributed by atoms with Gasteiger partial charge >= 0.3 is 0 Å². The van der Waals surface area contributed by atoms with E-state index in [1.165, 1.54) is 6.33 Å². The van der Waals surface area contributed by atoms with Crippen LogP contribution in [-0.2, 0) is 0 Å². The van der Waals surface area contributed by atoms with Gasteiger partial charge in [0.05, 0.1) is 27.3 Å². The molecule has 0 bridgehead atoms. The van der Waals surface area contributed by atoms with Crippen molar-refractivity contribution in [3.8, 4) is 11.1 Å². The highest BCUT2D eigenvalue weighted by molar-refractivity contribution is 6.43. The average molecular weight is 291 g/mol. The standard InChI is InChI=1S/C14H8Cl2N2O/c15-11-3-1-2-9(13(11)16)8-4-5-12-10(6-8)14(19)18-7-17-12/h1-7H,(H,17,18,19). The van der Waals surface area contributed by atoms with Gasteiger partial charge in [0, 0.05) is 5.56 Å². The number of nitrogens with zero attached hydrogens (tertiary/aromatic N) is 1. The molecule has 0 aliphatic heterocycles. The maximum atomic E-state index is 11.8. The number of nitrogens with one attached hydrogen (secondary N) is 1. The molecular formula is C14H8Cl2N2O. The van der Waals surface area contributed by atoms with E-state index in [1.807, 2.05) is 18.2 Å². The Kier molecular flexibility index (Phi) is 3.01. The summed E-state index contributed by atoms with van der Waals surface area (Å²) in [6.45, 7) is 0. The summed E-state index contributed by atoms with van der Waals surface area (Å²) in [5.41, 5.74) is 2.09. The molecule has 1 heterocycles. The summed E-state index contributed by atoms with van der Waals surface area (Å²) in [6, 6.07) is 10.8. The second kappa shape index (κ2) is 4.68. The molecule has 0 amide bonds. The maximum absolute atomic E-state index is 11.8. The van der Waals surface area contributed by atoms with Crippen LogP contribution in [0.25, 0.3) is 22.0 Å². The number of aromatic nitrogens is 2. The molecule has 3 rings (SSSR count). The van der Waals surface area contributed by atoms with E-state index in [2.05, 4.69) is 9.97 Å². The van der Waals surface area contributed by atoms with E-state index in [0.717, 1.165) is 11.1 Å². The van der Waals surface area contributed by atoms with Crippen LogP contribution in [0.1, 0.15) is 0 Å². The van der Waals surface area contributed by atoms with Crippen molar-refractivity contribution >= 4 is 34.1 Å². The van der Waals surface area contributed by atoms with E-state index in [0.29, 0.717) is 20.9 Å². The normalized spacial score (nSPS) is 10.8. The third kappa shape index (κ3) is 2.11. The minimum Gasteiger partial charge on any atom is -0.313 e. The van der Waals surface area contributed by atoms with Crippen LogP contribution in [0.5, 0.6) is 0 Å². The lowest BCUT2D eigenvalue weighted by atomic mass is 10.0. The molecule has 0 saturated heterocycles. The molecule has 94 valence electrons. The van der Waals surface area contributed by atoms with E-state index in [9.17, 15) is 4.79 Å². The van der Waals surface area contributed by atoms with Crippen molar-refractivity contribution in [1.29, 1.82) is 0 Å². The molecule has 0 aliphatic rings. The molecule has 3 aromatic rings. The van der Waals surface area contributed by atoms with E-state index < -0.39 is 0 Å².